The van der Waals surface area contributed by atoms with Gasteiger partial charge in [-0.15, -0.1) is 6.58 Å². The van der Waals surface area contributed by atoms with Gasteiger partial charge in [0.15, 0.2) is 5.96 Å². The van der Waals surface area contributed by atoms with E-state index in [1.165, 1.54) is 0 Å². The Kier molecular flexibility index (Phi) is 10.1. The Balaban J connectivity index is 3.88. The second-order valence-electron chi connectivity index (χ2n) is 4.48. The van der Waals surface area contributed by atoms with E-state index in [4.69, 9.17) is 0 Å². The molecule has 2 N–H and O–H groups in total. The zero-order valence-corrected chi connectivity index (χ0v) is 13.7. The monoisotopic (exact) mass is 304 g/mol. The predicted octanol–water partition coefficient (Wildman–Crippen LogP) is 0.789. The minimum absolute atomic E-state index is 0.119. The molecule has 0 aromatic carbocycles. The van der Waals surface area contributed by atoms with Gasteiger partial charge in [-0.25, -0.2) is 13.1 Å². The van der Waals surface area contributed by atoms with Crippen LogP contribution in [0.2, 0.25) is 0 Å². The van der Waals surface area contributed by atoms with Crippen molar-refractivity contribution in [2.24, 2.45) is 4.99 Å². The second kappa shape index (κ2) is 10.7. The van der Waals surface area contributed by atoms with Gasteiger partial charge >= 0.3 is 0 Å². The van der Waals surface area contributed by atoms with E-state index < -0.39 is 10.0 Å². The number of hydrogen-bond acceptors (Lipinski definition) is 3. The van der Waals surface area contributed by atoms with Crippen molar-refractivity contribution in [3.05, 3.63) is 12.7 Å². The van der Waals surface area contributed by atoms with Crippen LogP contribution < -0.4 is 10.0 Å². The largest absolute Gasteiger partial charge is 0.356 e. The number of nitrogens with one attached hydrogen (secondary N) is 2. The third kappa shape index (κ3) is 8.92. The van der Waals surface area contributed by atoms with Crippen LogP contribution in [0.5, 0.6) is 0 Å². The summed E-state index contributed by atoms with van der Waals surface area (Å²) < 4.78 is 25.0. The van der Waals surface area contributed by atoms with Crippen molar-refractivity contribution in [3.8, 4) is 0 Å². The molecular formula is C13H28N4O2S. The molecular weight excluding hydrogens is 276 g/mol. The van der Waals surface area contributed by atoms with Crippen LogP contribution in [0.3, 0.4) is 0 Å². The van der Waals surface area contributed by atoms with E-state index in [1.54, 1.807) is 14.0 Å². The summed E-state index contributed by atoms with van der Waals surface area (Å²) in [5, 5.41) is 3.22. The zero-order chi connectivity index (χ0) is 15.4. The van der Waals surface area contributed by atoms with E-state index in [1.807, 2.05) is 13.1 Å². The number of sulfonamides is 1. The van der Waals surface area contributed by atoms with Gasteiger partial charge in [-0.1, -0.05) is 6.08 Å². The van der Waals surface area contributed by atoms with Crippen molar-refractivity contribution in [2.45, 2.75) is 26.2 Å². The van der Waals surface area contributed by atoms with Crippen LogP contribution in [-0.4, -0.2) is 58.8 Å². The van der Waals surface area contributed by atoms with E-state index in [9.17, 15) is 8.42 Å². The summed E-state index contributed by atoms with van der Waals surface area (Å²) in [5.74, 6) is 0.945. The second-order valence-corrected chi connectivity index (χ2v) is 6.57. The van der Waals surface area contributed by atoms with Crippen LogP contribution in [-0.2, 0) is 10.0 Å². The molecule has 0 radical (unpaired) electrons. The average Bonchev–Trinajstić information content (AvgIpc) is 2.43. The molecule has 0 aliphatic carbocycles. The molecule has 0 heterocycles. The number of guanidine groups is 1. The Labute approximate surface area is 123 Å². The van der Waals surface area contributed by atoms with Gasteiger partial charge in [0.1, 0.15) is 0 Å². The van der Waals surface area contributed by atoms with Crippen LogP contribution in [0.15, 0.2) is 17.6 Å². The minimum atomic E-state index is -3.08. The maximum absolute atomic E-state index is 11.2. The Morgan fingerprint density at radius 3 is 2.60 bits per heavy atom. The molecule has 118 valence electrons. The summed E-state index contributed by atoms with van der Waals surface area (Å²) in [7, 11) is 0.642. The molecule has 0 spiro atoms. The Hall–Kier alpha value is -1.08. The molecule has 0 fully saturated rings. The van der Waals surface area contributed by atoms with Crippen LogP contribution in [0.1, 0.15) is 26.2 Å². The molecule has 0 unspecified atom stereocenters. The van der Waals surface area contributed by atoms with Gasteiger partial charge in [0, 0.05) is 33.7 Å². The van der Waals surface area contributed by atoms with Crippen molar-refractivity contribution in [3.63, 3.8) is 0 Å². The molecule has 0 saturated carbocycles. The van der Waals surface area contributed by atoms with Crippen LogP contribution in [0.4, 0.5) is 0 Å². The summed E-state index contributed by atoms with van der Waals surface area (Å²) in [6.07, 6.45) is 4.65. The lowest BCUT2D eigenvalue weighted by Gasteiger charge is -2.21. The number of allylic oxidation sites excluding steroid dienone is 1. The summed E-state index contributed by atoms with van der Waals surface area (Å²) in [6.45, 7) is 7.37. The van der Waals surface area contributed by atoms with E-state index in [-0.39, 0.29) is 5.75 Å². The first-order valence-electron chi connectivity index (χ1n) is 6.96. The number of unbranched alkanes of at least 4 members (excludes halogenated alkanes) is 1. The van der Waals surface area contributed by atoms with Gasteiger partial charge in [-0.05, 0) is 26.2 Å². The topological polar surface area (TPSA) is 73.8 Å². The van der Waals surface area contributed by atoms with Gasteiger partial charge in [-0.3, -0.25) is 4.99 Å². The number of nitrogens with zero attached hydrogens (tertiary/aromatic N) is 2. The average molecular weight is 304 g/mol. The van der Waals surface area contributed by atoms with Crippen molar-refractivity contribution >= 4 is 16.0 Å². The maximum atomic E-state index is 11.2. The molecule has 0 aliphatic heterocycles. The molecule has 6 nitrogen and oxygen atoms in total. The zero-order valence-electron chi connectivity index (χ0n) is 12.9. The third-order valence-electron chi connectivity index (χ3n) is 2.81. The highest BCUT2D eigenvalue weighted by atomic mass is 32.2. The highest BCUT2D eigenvalue weighted by Crippen LogP contribution is 1.94. The van der Waals surface area contributed by atoms with Crippen LogP contribution in [0, 0.1) is 0 Å². The molecule has 0 aliphatic rings. The first-order chi connectivity index (χ1) is 9.46. The molecule has 0 rings (SSSR count). The molecule has 7 heteroatoms. The molecule has 0 aromatic heterocycles. The fourth-order valence-electron chi connectivity index (χ4n) is 1.58. The normalized spacial score (nSPS) is 12.2. The lowest BCUT2D eigenvalue weighted by atomic mass is 10.3. The number of rotatable bonds is 10. The van der Waals surface area contributed by atoms with E-state index in [0.717, 1.165) is 31.8 Å². The lowest BCUT2D eigenvalue weighted by molar-refractivity contribution is 0.469. The minimum Gasteiger partial charge on any atom is -0.356 e. The van der Waals surface area contributed by atoms with Gasteiger partial charge in [0.05, 0.1) is 5.75 Å². The molecule has 0 atom stereocenters. The molecule has 0 saturated heterocycles. The molecule has 0 aromatic rings. The van der Waals surface area contributed by atoms with Gasteiger partial charge in [0.25, 0.3) is 0 Å². The first kappa shape index (κ1) is 18.9. The summed E-state index contributed by atoms with van der Waals surface area (Å²) >= 11 is 0. The van der Waals surface area contributed by atoms with Gasteiger partial charge in [0.2, 0.25) is 10.0 Å². The smallest absolute Gasteiger partial charge is 0.211 e. The molecule has 0 bridgehead atoms. The third-order valence-corrected chi connectivity index (χ3v) is 4.22. The number of aliphatic imine (C=N–C) groups is 1. The molecule has 20 heavy (non-hydrogen) atoms. The highest BCUT2D eigenvalue weighted by molar-refractivity contribution is 7.89. The Morgan fingerprint density at radius 2 is 2.05 bits per heavy atom. The Morgan fingerprint density at radius 1 is 1.35 bits per heavy atom. The summed E-state index contributed by atoms with van der Waals surface area (Å²) in [5.41, 5.74) is 0. The standard InChI is InChI=1S/C13H28N4O2S/c1-5-7-8-12-17(4)13(14-3)15-10-9-11-16-20(18,19)6-2/h5,16H,1,6-12H2,2-4H3,(H,14,15). The van der Waals surface area contributed by atoms with Crippen molar-refractivity contribution < 1.29 is 8.42 Å². The predicted molar refractivity (Wildman–Crippen MR) is 85.5 cm³/mol. The quantitative estimate of drug-likeness (QED) is 0.271. The summed E-state index contributed by atoms with van der Waals surface area (Å²) in [4.78, 5) is 6.25. The van der Waals surface area contributed by atoms with Crippen LogP contribution in [0.25, 0.3) is 0 Å². The summed E-state index contributed by atoms with van der Waals surface area (Å²) in [6, 6.07) is 0. The lowest BCUT2D eigenvalue weighted by Crippen LogP contribution is -2.40. The SMILES string of the molecule is C=CCCCN(C)C(=NC)NCCCNS(=O)(=O)CC. The van der Waals surface area contributed by atoms with Crippen molar-refractivity contribution in [1.82, 2.24) is 14.9 Å². The number of hydrogen-bond donors (Lipinski definition) is 2. The fraction of sp³-hybridized carbons (Fsp3) is 0.769. The van der Waals surface area contributed by atoms with Crippen LogP contribution >= 0.6 is 0 Å². The maximum Gasteiger partial charge on any atom is 0.211 e. The molecule has 0 amide bonds. The Bertz CT molecular complexity index is 393. The van der Waals surface area contributed by atoms with Gasteiger partial charge in [-0.2, -0.15) is 0 Å². The van der Waals surface area contributed by atoms with E-state index in [2.05, 4.69) is 26.5 Å². The van der Waals surface area contributed by atoms with Gasteiger partial charge < -0.3 is 10.2 Å². The van der Waals surface area contributed by atoms with Crippen molar-refractivity contribution in [1.29, 1.82) is 0 Å². The fourth-order valence-corrected chi connectivity index (χ4v) is 2.24. The van der Waals surface area contributed by atoms with Crippen molar-refractivity contribution in [2.75, 3.05) is 39.5 Å². The van der Waals surface area contributed by atoms with E-state index >= 15 is 0 Å². The first-order valence-corrected chi connectivity index (χ1v) is 8.62. The van der Waals surface area contributed by atoms with E-state index in [0.29, 0.717) is 13.1 Å². The highest BCUT2D eigenvalue weighted by Gasteiger charge is 2.06.